The predicted octanol–water partition coefficient (Wildman–Crippen LogP) is 0.677. The van der Waals surface area contributed by atoms with Crippen LogP contribution in [0.25, 0.3) is 22.5 Å². The number of ether oxygens (including phenoxy) is 2. The number of nitriles is 1. The second kappa shape index (κ2) is 22.8. The minimum atomic E-state index is -4.44. The molecule has 1 aromatic heterocycles. The molecule has 0 spiro atoms. The van der Waals surface area contributed by atoms with E-state index in [-0.39, 0.29) is 67.2 Å². The summed E-state index contributed by atoms with van der Waals surface area (Å²) in [5, 5.41) is 24.8. The van der Waals surface area contributed by atoms with Crippen LogP contribution in [-0.2, 0) is 41.2 Å². The molecule has 0 fully saturated rings. The predicted molar refractivity (Wildman–Crippen MR) is 256 cm³/mol. The first kappa shape index (κ1) is 52.9. The van der Waals surface area contributed by atoms with Gasteiger partial charge in [0.2, 0.25) is 23.6 Å². The van der Waals surface area contributed by atoms with Gasteiger partial charge in [-0.1, -0.05) is 57.2 Å². The topological polar surface area (TPSA) is 329 Å². The van der Waals surface area contributed by atoms with Crippen molar-refractivity contribution in [2.45, 2.75) is 77.5 Å². The minimum Gasteiger partial charge on any atom is -0.492 e. The Labute approximate surface area is 401 Å². The first-order valence-corrected chi connectivity index (χ1v) is 23.6. The quantitative estimate of drug-likeness (QED) is 0.0717. The fourth-order valence-electron chi connectivity index (χ4n) is 7.63. The van der Waals surface area contributed by atoms with Gasteiger partial charge in [0.05, 0.1) is 23.0 Å². The number of carbonyl (C=O) groups excluding carboxylic acids is 5. The van der Waals surface area contributed by atoms with Crippen LogP contribution in [-0.4, -0.2) is 117 Å². The van der Waals surface area contributed by atoms with Crippen molar-refractivity contribution in [3.63, 3.8) is 0 Å². The molecule has 1 unspecified atom stereocenters. The van der Waals surface area contributed by atoms with Gasteiger partial charge in [0.25, 0.3) is 16.1 Å². The Bertz CT molecular complexity index is 2700. The van der Waals surface area contributed by atoms with Crippen molar-refractivity contribution in [1.82, 2.24) is 40.9 Å². The number of benzene rings is 3. The van der Waals surface area contributed by atoms with Crippen molar-refractivity contribution >= 4 is 39.7 Å². The summed E-state index contributed by atoms with van der Waals surface area (Å²) in [6.45, 7) is 10.2. The Morgan fingerprint density at radius 2 is 1.51 bits per heavy atom. The third kappa shape index (κ3) is 13.6. The van der Waals surface area contributed by atoms with Gasteiger partial charge in [0, 0.05) is 49.8 Å². The van der Waals surface area contributed by atoms with Gasteiger partial charge in [-0.3, -0.25) is 24.0 Å². The summed E-state index contributed by atoms with van der Waals surface area (Å²) in [6.07, 6.45) is -0.0488. The van der Waals surface area contributed by atoms with Gasteiger partial charge in [-0.2, -0.15) is 18.4 Å². The van der Waals surface area contributed by atoms with Crippen LogP contribution in [0.2, 0.25) is 0 Å². The number of fused-ring (bicyclic) bond motifs is 5. The van der Waals surface area contributed by atoms with Crippen LogP contribution < -0.4 is 52.1 Å². The summed E-state index contributed by atoms with van der Waals surface area (Å²) in [7, 11) is -3.18. The zero-order valence-electron chi connectivity index (χ0n) is 39.6. The molecule has 368 valence electrons. The van der Waals surface area contributed by atoms with E-state index in [2.05, 4.69) is 56.7 Å². The molecule has 69 heavy (non-hydrogen) atoms. The fourth-order valence-corrected chi connectivity index (χ4v) is 8.03. The molecule has 5 rings (SSSR count). The number of amides is 5. The lowest BCUT2D eigenvalue weighted by Crippen LogP contribution is -2.57. The molecule has 5 amide bonds. The number of nitrogens with one attached hydrogen (secondary N) is 5. The van der Waals surface area contributed by atoms with E-state index in [0.29, 0.717) is 39.6 Å². The van der Waals surface area contributed by atoms with Crippen LogP contribution in [0.4, 0.5) is 0 Å². The van der Waals surface area contributed by atoms with E-state index in [0.717, 1.165) is 10.5 Å². The lowest BCUT2D eigenvalue weighted by molar-refractivity contribution is -0.141. The Kier molecular flexibility index (Phi) is 17.5. The average Bonchev–Trinajstić information content (AvgIpc) is 3.29. The van der Waals surface area contributed by atoms with Crippen molar-refractivity contribution in [2.75, 3.05) is 46.4 Å². The maximum absolute atomic E-state index is 14.8. The van der Waals surface area contributed by atoms with Gasteiger partial charge in [0.1, 0.15) is 55.4 Å². The lowest BCUT2D eigenvalue weighted by atomic mass is 9.86. The SMILES string of the molecule is Cc1nc(-c2ccc(C(C)(C)C)cc2)nc(C)c1C(=O)NC(CNS(N)(=O)=O)C(=O)N(C)[C@@H]1C(=O)N[C@@H](C)C(=O)N[C@H](C(=O)NCC#N)Cc2ccc(OCCN)c(c2)-c2cc1ccc2OCCN. The fraction of sp³-hybridized carbons (Fsp3) is 0.404. The lowest BCUT2D eigenvalue weighted by Gasteiger charge is -2.32. The van der Waals surface area contributed by atoms with Gasteiger partial charge in [-0.25, -0.2) is 15.1 Å². The maximum atomic E-state index is 14.8. The Morgan fingerprint density at radius 3 is 2.07 bits per heavy atom. The summed E-state index contributed by atoms with van der Waals surface area (Å²) in [5.41, 5.74) is 15.4. The number of nitrogens with zero attached hydrogens (tertiary/aromatic N) is 4. The molecule has 0 aliphatic carbocycles. The van der Waals surface area contributed by atoms with Gasteiger partial charge >= 0.3 is 0 Å². The van der Waals surface area contributed by atoms with Gasteiger partial charge < -0.3 is 47.1 Å². The van der Waals surface area contributed by atoms with E-state index >= 15 is 0 Å². The Morgan fingerprint density at radius 1 is 0.913 bits per heavy atom. The monoisotopic (exact) mass is 968 g/mol. The van der Waals surface area contributed by atoms with Crippen molar-refractivity contribution in [1.29, 1.82) is 5.26 Å². The maximum Gasteiger partial charge on any atom is 0.274 e. The van der Waals surface area contributed by atoms with Crippen LogP contribution in [0.15, 0.2) is 60.7 Å². The molecular formula is C47H60N12O9S. The van der Waals surface area contributed by atoms with Crippen LogP contribution in [0.3, 0.4) is 0 Å². The van der Waals surface area contributed by atoms with Crippen molar-refractivity contribution in [3.05, 3.63) is 94.3 Å². The number of hydrogen-bond donors (Lipinski definition) is 8. The third-order valence-corrected chi connectivity index (χ3v) is 11.7. The zero-order valence-corrected chi connectivity index (χ0v) is 40.5. The van der Waals surface area contributed by atoms with E-state index in [9.17, 15) is 37.7 Å². The molecule has 0 radical (unpaired) electrons. The smallest absolute Gasteiger partial charge is 0.274 e. The normalized spacial score (nSPS) is 16.7. The number of nitrogens with two attached hydrogens (primary N) is 3. The third-order valence-electron chi connectivity index (χ3n) is 11.2. The summed E-state index contributed by atoms with van der Waals surface area (Å²) >= 11 is 0. The highest BCUT2D eigenvalue weighted by molar-refractivity contribution is 7.87. The van der Waals surface area contributed by atoms with Crippen LogP contribution >= 0.6 is 0 Å². The molecule has 1 aliphatic rings. The second-order valence-electron chi connectivity index (χ2n) is 17.4. The van der Waals surface area contributed by atoms with Crippen LogP contribution in [0, 0.1) is 25.2 Å². The van der Waals surface area contributed by atoms with E-state index in [1.165, 1.54) is 20.0 Å². The van der Waals surface area contributed by atoms with Crippen LogP contribution in [0.1, 0.15) is 72.2 Å². The zero-order chi connectivity index (χ0) is 50.8. The number of rotatable bonds is 16. The molecule has 22 heteroatoms. The number of aryl methyl sites for hydroxylation is 2. The highest BCUT2D eigenvalue weighted by atomic mass is 32.2. The Hall–Kier alpha value is -7.03. The second-order valence-corrected chi connectivity index (χ2v) is 18.8. The number of carbonyl (C=O) groups is 5. The molecule has 4 atom stereocenters. The molecule has 11 N–H and O–H groups in total. The molecule has 2 heterocycles. The first-order valence-electron chi connectivity index (χ1n) is 22.1. The summed E-state index contributed by atoms with van der Waals surface area (Å²) in [4.78, 5) is 81.0. The van der Waals surface area contributed by atoms with E-state index in [1.54, 1.807) is 44.2 Å². The largest absolute Gasteiger partial charge is 0.492 e. The average molecular weight is 969 g/mol. The van der Waals surface area contributed by atoms with Gasteiger partial charge in [-0.05, 0) is 67.1 Å². The molecule has 0 saturated carbocycles. The summed E-state index contributed by atoms with van der Waals surface area (Å²) in [5.74, 6) is -3.13. The standard InChI is InChI=1S/C47H60N12O9S/c1-26-39(27(2)55-41(54-26)30-9-12-32(13-10-30)47(4,5)6)44(62)58-36(25-53-69(51,65)66)46(64)59(7)40-31-11-15-38(68-21-18-50)34(24-31)33-22-29(8-14-37(33)67-20-17-49)23-35(43(61)52-19-16-48)57-42(60)28(3)56-45(40)63/h8-15,22,24,28,35-36,40,53H,17-21,23,25,49-50H2,1-7H3,(H,52,61)(H,56,63)(H,57,60)(H,58,62)(H2,51,65,66)/t28-,35-,36?,40-/m0/s1. The first-order chi connectivity index (χ1) is 32.6. The molecular weight excluding hydrogens is 909 g/mol. The molecule has 1 aliphatic heterocycles. The molecule has 4 aromatic rings. The molecule has 0 saturated heterocycles. The highest BCUT2D eigenvalue weighted by Crippen LogP contribution is 2.40. The minimum absolute atomic E-state index is 0.0175. The van der Waals surface area contributed by atoms with Crippen molar-refractivity contribution < 1.29 is 41.9 Å². The van der Waals surface area contributed by atoms with E-state index in [4.69, 9.17) is 26.1 Å². The van der Waals surface area contributed by atoms with E-state index < -0.39 is 70.5 Å². The molecule has 3 aromatic carbocycles. The van der Waals surface area contributed by atoms with Gasteiger partial charge in [-0.15, -0.1) is 0 Å². The Balaban J connectivity index is 1.61. The summed E-state index contributed by atoms with van der Waals surface area (Å²) < 4.78 is 38.7. The highest BCUT2D eigenvalue weighted by Gasteiger charge is 2.37. The van der Waals surface area contributed by atoms with Gasteiger partial charge in [0.15, 0.2) is 5.82 Å². The van der Waals surface area contributed by atoms with Crippen molar-refractivity contribution in [2.24, 2.45) is 16.6 Å². The van der Waals surface area contributed by atoms with Crippen molar-refractivity contribution in [3.8, 4) is 40.1 Å². The number of aromatic nitrogens is 2. The number of likely N-dealkylation sites (N-methyl/N-ethyl adjacent to an activating group) is 1. The summed E-state index contributed by atoms with van der Waals surface area (Å²) in [6, 6.07) is 13.5. The molecule has 4 bridgehead atoms. The number of hydrogen-bond acceptors (Lipinski definition) is 14. The molecule has 21 nitrogen and oxygen atoms in total. The van der Waals surface area contributed by atoms with E-state index in [1.807, 2.05) is 30.3 Å². The van der Waals surface area contributed by atoms with Crippen LogP contribution in [0.5, 0.6) is 11.5 Å².